The number of aliphatic imine (C=N–C) groups is 1. The Kier molecular flexibility index (Phi) is 3.47. The average Bonchev–Trinajstić information content (AvgIpc) is 2.81. The molecule has 0 bridgehead atoms. The summed E-state index contributed by atoms with van der Waals surface area (Å²) in [6, 6.07) is 3.80. The van der Waals surface area contributed by atoms with E-state index in [2.05, 4.69) is 15.0 Å². The fourth-order valence-electron chi connectivity index (χ4n) is 1.05. The van der Waals surface area contributed by atoms with Crippen LogP contribution in [0.3, 0.4) is 0 Å². The van der Waals surface area contributed by atoms with Crippen LogP contribution in [0, 0.1) is 0 Å². The van der Waals surface area contributed by atoms with Gasteiger partial charge >= 0.3 is 0 Å². The number of pyridine rings is 1. The van der Waals surface area contributed by atoms with Gasteiger partial charge in [-0.3, -0.25) is 4.98 Å². The lowest BCUT2D eigenvalue weighted by Gasteiger charge is -1.98. The molecule has 15 heavy (non-hydrogen) atoms. The molecule has 0 unspecified atom stereocenters. The van der Waals surface area contributed by atoms with Crippen LogP contribution in [0.25, 0.3) is 0 Å². The predicted molar refractivity (Wildman–Crippen MR) is 66.1 cm³/mol. The summed E-state index contributed by atoms with van der Waals surface area (Å²) in [7, 11) is 0. The molecule has 0 radical (unpaired) electrons. The minimum absolute atomic E-state index is 0.858. The van der Waals surface area contributed by atoms with Crippen LogP contribution >= 0.6 is 23.1 Å². The number of thiazole rings is 1. The molecule has 0 saturated carbocycles. The second-order valence-electron chi connectivity index (χ2n) is 2.67. The maximum atomic E-state index is 4.48. The molecule has 0 aliphatic heterocycles. The van der Waals surface area contributed by atoms with Gasteiger partial charge in [-0.2, -0.15) is 0 Å². The molecule has 0 atom stereocenters. The maximum Gasteiger partial charge on any atom is 0.148 e. The molecule has 3 nitrogen and oxygen atoms in total. The van der Waals surface area contributed by atoms with Crippen molar-refractivity contribution < 1.29 is 0 Å². The van der Waals surface area contributed by atoms with E-state index in [0.717, 1.165) is 15.7 Å². The van der Waals surface area contributed by atoms with Crippen molar-refractivity contribution in [2.45, 2.75) is 0 Å². The normalized spacial score (nSPS) is 11.7. The summed E-state index contributed by atoms with van der Waals surface area (Å²) >= 11 is 3.18. The molecular weight excluding hydrogens is 226 g/mol. The van der Waals surface area contributed by atoms with Crippen LogP contribution in [-0.2, 0) is 0 Å². The van der Waals surface area contributed by atoms with Gasteiger partial charge in [-0.05, 0) is 18.4 Å². The lowest BCUT2D eigenvalue weighted by molar-refractivity contribution is 1.30. The quantitative estimate of drug-likeness (QED) is 0.593. The van der Waals surface area contributed by atoms with Crippen molar-refractivity contribution in [1.82, 2.24) is 9.97 Å². The smallest absolute Gasteiger partial charge is 0.148 e. The molecular formula is C10H9N3S2. The molecule has 0 aromatic carbocycles. The third-order valence-electron chi connectivity index (χ3n) is 1.69. The van der Waals surface area contributed by atoms with Gasteiger partial charge in [-0.25, -0.2) is 9.98 Å². The number of rotatable bonds is 2. The Morgan fingerprint density at radius 3 is 3.00 bits per heavy atom. The Balaban J connectivity index is 2.32. The minimum atomic E-state index is 0.858. The zero-order chi connectivity index (χ0) is 10.5. The van der Waals surface area contributed by atoms with Gasteiger partial charge in [0.2, 0.25) is 0 Å². The van der Waals surface area contributed by atoms with Crippen molar-refractivity contribution in [2.75, 3.05) is 6.26 Å². The van der Waals surface area contributed by atoms with Gasteiger partial charge in [0.05, 0.1) is 11.9 Å². The minimum Gasteiger partial charge on any atom is -0.262 e. The zero-order valence-electron chi connectivity index (χ0n) is 8.12. The van der Waals surface area contributed by atoms with Crippen LogP contribution in [0.5, 0.6) is 0 Å². The van der Waals surface area contributed by atoms with Gasteiger partial charge < -0.3 is 0 Å². The largest absolute Gasteiger partial charge is 0.262 e. The average molecular weight is 235 g/mol. The summed E-state index contributed by atoms with van der Waals surface area (Å²) < 4.78 is 0. The first kappa shape index (κ1) is 10.3. The van der Waals surface area contributed by atoms with Crippen LogP contribution in [-0.4, -0.2) is 21.3 Å². The van der Waals surface area contributed by atoms with Gasteiger partial charge in [0.25, 0.3) is 0 Å². The summed E-state index contributed by atoms with van der Waals surface area (Å²) in [5.74, 6) is 0. The first-order valence-corrected chi connectivity index (χ1v) is 6.43. The SMILES string of the molecule is CS/C(=N\c1cccnc1)c1nccs1. The molecule has 76 valence electrons. The second kappa shape index (κ2) is 5.04. The fourth-order valence-corrected chi connectivity index (χ4v) is 2.38. The Bertz CT molecular complexity index is 437. The Morgan fingerprint density at radius 1 is 1.47 bits per heavy atom. The number of hydrogen-bond acceptors (Lipinski definition) is 5. The van der Waals surface area contributed by atoms with E-state index in [-0.39, 0.29) is 0 Å². The molecule has 0 aliphatic carbocycles. The van der Waals surface area contributed by atoms with Crippen LogP contribution in [0.1, 0.15) is 5.01 Å². The molecule has 0 amide bonds. The molecule has 0 N–H and O–H groups in total. The van der Waals surface area contributed by atoms with Crippen LogP contribution in [0.2, 0.25) is 0 Å². The molecule has 0 spiro atoms. The van der Waals surface area contributed by atoms with Crippen LogP contribution in [0.4, 0.5) is 5.69 Å². The number of hydrogen-bond donors (Lipinski definition) is 0. The number of thioether (sulfide) groups is 1. The lowest BCUT2D eigenvalue weighted by Crippen LogP contribution is -1.92. The molecule has 0 aliphatic rings. The molecule has 2 rings (SSSR count). The van der Waals surface area contributed by atoms with Crippen molar-refractivity contribution in [3.63, 3.8) is 0 Å². The van der Waals surface area contributed by atoms with E-state index >= 15 is 0 Å². The van der Waals surface area contributed by atoms with E-state index in [1.165, 1.54) is 0 Å². The lowest BCUT2D eigenvalue weighted by atomic mass is 10.4. The monoisotopic (exact) mass is 235 g/mol. The fraction of sp³-hybridized carbons (Fsp3) is 0.100. The Morgan fingerprint density at radius 2 is 2.40 bits per heavy atom. The molecule has 0 saturated heterocycles. The van der Waals surface area contributed by atoms with Crippen LogP contribution in [0.15, 0.2) is 41.1 Å². The highest BCUT2D eigenvalue weighted by atomic mass is 32.2. The second-order valence-corrected chi connectivity index (χ2v) is 4.36. The number of nitrogens with zero attached hydrogens (tertiary/aromatic N) is 3. The summed E-state index contributed by atoms with van der Waals surface area (Å²) in [5.41, 5.74) is 0.858. The summed E-state index contributed by atoms with van der Waals surface area (Å²) in [4.78, 5) is 12.7. The maximum absolute atomic E-state index is 4.48. The van der Waals surface area contributed by atoms with E-state index in [4.69, 9.17) is 0 Å². The Labute approximate surface area is 96.3 Å². The number of aromatic nitrogens is 2. The first-order chi connectivity index (χ1) is 7.40. The third-order valence-corrected chi connectivity index (χ3v) is 3.27. The topological polar surface area (TPSA) is 38.1 Å². The van der Waals surface area contributed by atoms with E-state index in [0.29, 0.717) is 0 Å². The van der Waals surface area contributed by atoms with E-state index in [9.17, 15) is 0 Å². The molecule has 5 heteroatoms. The highest BCUT2D eigenvalue weighted by molar-refractivity contribution is 8.14. The Hall–Kier alpha value is -1.20. The molecule has 2 heterocycles. The van der Waals surface area contributed by atoms with Crippen molar-refractivity contribution >= 4 is 33.8 Å². The van der Waals surface area contributed by atoms with Crippen molar-refractivity contribution in [2.24, 2.45) is 4.99 Å². The van der Waals surface area contributed by atoms with Gasteiger partial charge in [0, 0.05) is 17.8 Å². The molecule has 2 aromatic rings. The summed E-state index contributed by atoms with van der Waals surface area (Å²) in [6.45, 7) is 0. The zero-order valence-corrected chi connectivity index (χ0v) is 9.76. The van der Waals surface area contributed by atoms with Crippen molar-refractivity contribution in [3.8, 4) is 0 Å². The molecule has 2 aromatic heterocycles. The first-order valence-electron chi connectivity index (χ1n) is 4.32. The highest BCUT2D eigenvalue weighted by Crippen LogP contribution is 2.18. The van der Waals surface area contributed by atoms with Gasteiger partial charge in [-0.15, -0.1) is 23.1 Å². The van der Waals surface area contributed by atoms with E-state index in [1.807, 2.05) is 23.8 Å². The summed E-state index contributed by atoms with van der Waals surface area (Å²) in [5, 5.41) is 3.83. The van der Waals surface area contributed by atoms with E-state index in [1.54, 1.807) is 41.7 Å². The molecule has 0 fully saturated rings. The third kappa shape index (κ3) is 2.64. The van der Waals surface area contributed by atoms with Gasteiger partial charge in [0.15, 0.2) is 0 Å². The van der Waals surface area contributed by atoms with Crippen molar-refractivity contribution in [3.05, 3.63) is 41.1 Å². The van der Waals surface area contributed by atoms with Crippen LogP contribution < -0.4 is 0 Å². The van der Waals surface area contributed by atoms with E-state index < -0.39 is 0 Å². The standard InChI is InChI=1S/C10H9N3S2/c1-14-10(9-12-5-6-15-9)13-8-3-2-4-11-7-8/h2-7H,1H3/b13-10-. The van der Waals surface area contributed by atoms with Gasteiger partial charge in [-0.1, -0.05) is 0 Å². The van der Waals surface area contributed by atoms with Crippen molar-refractivity contribution in [1.29, 1.82) is 0 Å². The highest BCUT2D eigenvalue weighted by Gasteiger charge is 2.04. The predicted octanol–water partition coefficient (Wildman–Crippen LogP) is 2.98. The van der Waals surface area contributed by atoms with Gasteiger partial charge in [0.1, 0.15) is 10.1 Å². The summed E-state index contributed by atoms with van der Waals surface area (Å²) in [6.07, 6.45) is 7.26.